The highest BCUT2D eigenvalue weighted by Gasteiger charge is 2.39. The summed E-state index contributed by atoms with van der Waals surface area (Å²) < 4.78 is 79.1. The lowest BCUT2D eigenvalue weighted by Crippen LogP contribution is -2.19. The van der Waals surface area contributed by atoms with Crippen LogP contribution in [0.1, 0.15) is 42.2 Å². The molecular formula is C17H13F6NO2. The highest BCUT2D eigenvalue weighted by atomic mass is 19.4. The van der Waals surface area contributed by atoms with Gasteiger partial charge in [-0.1, -0.05) is 12.1 Å². The molecule has 0 amide bonds. The number of Topliss-reactive ketones (excluding diaryl/α,β-unsaturated/α-hetero) is 1. The number of hydrogen-bond donors (Lipinski definition) is 1. The fourth-order valence-corrected chi connectivity index (χ4v) is 3.29. The summed E-state index contributed by atoms with van der Waals surface area (Å²) in [5.41, 5.74) is -4.13. The summed E-state index contributed by atoms with van der Waals surface area (Å²) in [6.07, 6.45) is -10.6. The van der Waals surface area contributed by atoms with Crippen LogP contribution >= 0.6 is 0 Å². The monoisotopic (exact) mass is 377 g/mol. The zero-order chi connectivity index (χ0) is 19.3. The summed E-state index contributed by atoms with van der Waals surface area (Å²) in [5.74, 6) is -1.25. The number of hydrogen-bond acceptors (Lipinski definition) is 3. The number of pyridine rings is 1. The minimum absolute atomic E-state index is 0.185. The standard InChI is InChI=1S/C17H13F6NO2/c18-16(19,20)11-5-1-3-8-10(15(26)9-4-2-6-12(9)25)7-13(17(21,22)23)24-14(8)11/h1,3,5,7,9,15,26H,2,4,6H2/t9-,15-/m1/s1. The normalized spacial score (nSPS) is 20.0. The van der Waals surface area contributed by atoms with Gasteiger partial charge in [-0.3, -0.25) is 4.79 Å². The molecule has 1 heterocycles. The lowest BCUT2D eigenvalue weighted by atomic mass is 9.90. The maximum Gasteiger partial charge on any atom is 0.433 e. The van der Waals surface area contributed by atoms with Crippen molar-refractivity contribution in [1.82, 2.24) is 4.98 Å². The molecule has 1 aromatic heterocycles. The summed E-state index contributed by atoms with van der Waals surface area (Å²) in [6.45, 7) is 0. The van der Waals surface area contributed by atoms with E-state index in [1.165, 1.54) is 0 Å². The van der Waals surface area contributed by atoms with Gasteiger partial charge in [0.15, 0.2) is 0 Å². The first-order chi connectivity index (χ1) is 12.0. The Kier molecular flexibility index (Phi) is 4.46. The molecule has 26 heavy (non-hydrogen) atoms. The van der Waals surface area contributed by atoms with Crippen LogP contribution in [0.4, 0.5) is 26.3 Å². The van der Waals surface area contributed by atoms with Gasteiger partial charge in [0.1, 0.15) is 11.5 Å². The summed E-state index contributed by atoms with van der Waals surface area (Å²) in [4.78, 5) is 15.0. The molecule has 1 fully saturated rings. The Labute approximate surface area is 143 Å². The Balaban J connectivity index is 2.29. The van der Waals surface area contributed by atoms with Gasteiger partial charge in [0, 0.05) is 17.7 Å². The lowest BCUT2D eigenvalue weighted by molar-refractivity contribution is -0.142. The van der Waals surface area contributed by atoms with E-state index < -0.39 is 41.1 Å². The lowest BCUT2D eigenvalue weighted by Gasteiger charge is -2.21. The molecule has 0 saturated heterocycles. The largest absolute Gasteiger partial charge is 0.433 e. The van der Waals surface area contributed by atoms with Gasteiger partial charge in [-0.25, -0.2) is 4.98 Å². The van der Waals surface area contributed by atoms with Crippen LogP contribution in [0.15, 0.2) is 24.3 Å². The summed E-state index contributed by atoms with van der Waals surface area (Å²) in [7, 11) is 0. The van der Waals surface area contributed by atoms with E-state index in [0.29, 0.717) is 18.6 Å². The van der Waals surface area contributed by atoms with Crippen LogP contribution in [0.2, 0.25) is 0 Å². The number of alkyl halides is 6. The molecule has 0 radical (unpaired) electrons. The summed E-state index contributed by atoms with van der Waals surface area (Å²) in [6, 6.07) is 3.35. The van der Waals surface area contributed by atoms with E-state index in [2.05, 4.69) is 4.98 Å². The van der Waals surface area contributed by atoms with Crippen molar-refractivity contribution in [3.8, 4) is 0 Å². The third-order valence-corrected chi connectivity index (χ3v) is 4.52. The third kappa shape index (κ3) is 3.27. The Bertz CT molecular complexity index is 859. The van der Waals surface area contributed by atoms with E-state index in [1.54, 1.807) is 0 Å². The molecule has 2 aromatic rings. The van der Waals surface area contributed by atoms with Crippen LogP contribution in [-0.2, 0) is 17.1 Å². The minimum atomic E-state index is -5.00. The number of para-hydroxylation sites is 1. The van der Waals surface area contributed by atoms with Crippen LogP contribution in [0.3, 0.4) is 0 Å². The maximum absolute atomic E-state index is 13.2. The van der Waals surface area contributed by atoms with Crippen molar-refractivity contribution in [1.29, 1.82) is 0 Å². The van der Waals surface area contributed by atoms with Crippen molar-refractivity contribution >= 4 is 16.7 Å². The molecule has 9 heteroatoms. The van der Waals surface area contributed by atoms with E-state index in [1.807, 2.05) is 0 Å². The highest BCUT2D eigenvalue weighted by Crippen LogP contribution is 2.41. The fraction of sp³-hybridized carbons (Fsp3) is 0.412. The van der Waals surface area contributed by atoms with Gasteiger partial charge < -0.3 is 5.11 Å². The number of benzene rings is 1. The molecule has 3 nitrogen and oxygen atoms in total. The Morgan fingerprint density at radius 3 is 2.35 bits per heavy atom. The average molecular weight is 377 g/mol. The van der Waals surface area contributed by atoms with Crippen LogP contribution in [0.5, 0.6) is 0 Å². The van der Waals surface area contributed by atoms with Crippen molar-refractivity contribution < 1.29 is 36.2 Å². The van der Waals surface area contributed by atoms with Gasteiger partial charge >= 0.3 is 12.4 Å². The van der Waals surface area contributed by atoms with Gasteiger partial charge in [0.05, 0.1) is 17.2 Å². The van der Waals surface area contributed by atoms with E-state index >= 15 is 0 Å². The molecule has 0 bridgehead atoms. The number of carbonyl (C=O) groups excluding carboxylic acids is 1. The van der Waals surface area contributed by atoms with Crippen LogP contribution < -0.4 is 0 Å². The Morgan fingerprint density at radius 2 is 1.81 bits per heavy atom. The quantitative estimate of drug-likeness (QED) is 0.774. The molecule has 1 N–H and O–H groups in total. The van der Waals surface area contributed by atoms with Gasteiger partial charge in [-0.05, 0) is 30.5 Å². The van der Waals surface area contributed by atoms with Crippen LogP contribution in [0.25, 0.3) is 10.9 Å². The third-order valence-electron chi connectivity index (χ3n) is 4.52. The minimum Gasteiger partial charge on any atom is -0.388 e. The van der Waals surface area contributed by atoms with Crippen molar-refractivity contribution in [2.45, 2.75) is 37.7 Å². The van der Waals surface area contributed by atoms with Crippen LogP contribution in [-0.4, -0.2) is 15.9 Å². The molecule has 1 aliphatic carbocycles. The molecule has 0 spiro atoms. The number of fused-ring (bicyclic) bond motifs is 1. The predicted octanol–water partition coefficient (Wildman–Crippen LogP) is 4.68. The number of aliphatic hydroxyl groups excluding tert-OH is 1. The SMILES string of the molecule is O=C1CCC[C@H]1[C@@H](O)c1cc(C(F)(F)F)nc2c(C(F)(F)F)cccc12. The van der Waals surface area contributed by atoms with Gasteiger partial charge in [0.25, 0.3) is 0 Å². The average Bonchev–Trinajstić information content (AvgIpc) is 2.96. The van der Waals surface area contributed by atoms with Crippen molar-refractivity contribution in [3.05, 3.63) is 41.1 Å². The van der Waals surface area contributed by atoms with E-state index in [0.717, 1.165) is 12.1 Å². The second-order valence-electron chi connectivity index (χ2n) is 6.20. The molecule has 1 saturated carbocycles. The van der Waals surface area contributed by atoms with Gasteiger partial charge in [-0.2, -0.15) is 26.3 Å². The Hall–Kier alpha value is -2.16. The van der Waals surface area contributed by atoms with E-state index in [4.69, 9.17) is 0 Å². The number of nitrogens with zero attached hydrogens (tertiary/aromatic N) is 1. The van der Waals surface area contributed by atoms with Crippen LogP contribution in [0, 0.1) is 5.92 Å². The molecule has 0 aliphatic heterocycles. The number of ketones is 1. The number of aromatic nitrogens is 1. The first-order valence-corrected chi connectivity index (χ1v) is 7.79. The zero-order valence-corrected chi connectivity index (χ0v) is 13.2. The van der Waals surface area contributed by atoms with Gasteiger partial charge in [0.2, 0.25) is 0 Å². The second kappa shape index (κ2) is 6.22. The molecule has 2 atom stereocenters. The van der Waals surface area contributed by atoms with Crippen molar-refractivity contribution in [2.75, 3.05) is 0 Å². The number of carbonyl (C=O) groups is 1. The topological polar surface area (TPSA) is 50.2 Å². The molecule has 0 unspecified atom stereocenters. The number of halogens is 6. The van der Waals surface area contributed by atoms with E-state index in [-0.39, 0.29) is 29.6 Å². The Morgan fingerprint density at radius 1 is 1.12 bits per heavy atom. The summed E-state index contributed by atoms with van der Waals surface area (Å²) >= 11 is 0. The number of aliphatic hydroxyl groups is 1. The zero-order valence-electron chi connectivity index (χ0n) is 13.2. The van der Waals surface area contributed by atoms with Gasteiger partial charge in [-0.15, -0.1) is 0 Å². The first-order valence-electron chi connectivity index (χ1n) is 7.79. The highest BCUT2D eigenvalue weighted by molar-refractivity contribution is 5.88. The van der Waals surface area contributed by atoms with Crippen molar-refractivity contribution in [3.63, 3.8) is 0 Å². The second-order valence-corrected chi connectivity index (χ2v) is 6.20. The molecule has 140 valence electrons. The first kappa shape index (κ1) is 18.6. The van der Waals surface area contributed by atoms with E-state index in [9.17, 15) is 36.2 Å². The summed E-state index contributed by atoms with van der Waals surface area (Å²) in [5, 5.41) is 10.2. The molecule has 1 aliphatic rings. The predicted molar refractivity (Wildman–Crippen MR) is 79.1 cm³/mol. The molecule has 3 rings (SSSR count). The number of rotatable bonds is 2. The smallest absolute Gasteiger partial charge is 0.388 e. The fourth-order valence-electron chi connectivity index (χ4n) is 3.29. The molecule has 1 aromatic carbocycles. The maximum atomic E-state index is 13.2. The van der Waals surface area contributed by atoms with Crippen molar-refractivity contribution in [2.24, 2.45) is 5.92 Å². The molecular weight excluding hydrogens is 364 g/mol.